The first-order chi connectivity index (χ1) is 5.90. The molecule has 1 aromatic rings. The Kier molecular flexibility index (Phi) is 2.66. The Hall–Kier alpha value is -0.0900. The van der Waals surface area contributed by atoms with Gasteiger partial charge in [0, 0.05) is 0 Å². The Morgan fingerprint density at radius 1 is 1.25 bits per heavy atom. The first-order valence-electron chi connectivity index (χ1n) is 4.21. The molecule has 0 bridgehead atoms. The van der Waals surface area contributed by atoms with Crippen LogP contribution in [0.5, 0.6) is 0 Å². The Balaban J connectivity index is 2.23. The molecule has 0 saturated carbocycles. The van der Waals surface area contributed by atoms with Crippen molar-refractivity contribution < 1.29 is 21.5 Å². The molecule has 12 heavy (non-hydrogen) atoms. The molecular formula is C10H13IN-. The second kappa shape index (κ2) is 3.75. The molecule has 1 aromatic carbocycles. The summed E-state index contributed by atoms with van der Waals surface area (Å²) in [5.41, 5.74) is 3.11. The molecule has 0 saturated heterocycles. The second-order valence-corrected chi connectivity index (χ2v) is 5.36. The van der Waals surface area contributed by atoms with Crippen LogP contribution in [0.25, 0.3) is 0 Å². The van der Waals surface area contributed by atoms with Crippen LogP contribution in [-0.4, -0.2) is 14.6 Å². The summed E-state index contributed by atoms with van der Waals surface area (Å²) >= 11 is 0.294. The molecule has 2 rings (SSSR count). The van der Waals surface area contributed by atoms with Gasteiger partial charge in [0.15, 0.2) is 0 Å². The second-order valence-electron chi connectivity index (χ2n) is 3.03. The van der Waals surface area contributed by atoms with E-state index in [1.165, 1.54) is 19.5 Å². The Morgan fingerprint density at radius 2 is 2.00 bits per heavy atom. The zero-order valence-corrected chi connectivity index (χ0v) is 9.41. The van der Waals surface area contributed by atoms with Crippen LogP contribution < -0.4 is 21.5 Å². The van der Waals surface area contributed by atoms with Crippen LogP contribution in [0, 0.1) is 0 Å². The molecule has 0 fully saturated rings. The van der Waals surface area contributed by atoms with Gasteiger partial charge in [0.1, 0.15) is 0 Å². The summed E-state index contributed by atoms with van der Waals surface area (Å²) in [4.78, 5) is 2.34. The number of fused-ring (bicyclic) bond motifs is 1. The number of halogens is 1. The Labute approximate surface area is 84.4 Å². The van der Waals surface area contributed by atoms with E-state index in [2.05, 4.69) is 32.3 Å². The van der Waals surface area contributed by atoms with Gasteiger partial charge in [-0.1, -0.05) is 0 Å². The van der Waals surface area contributed by atoms with Gasteiger partial charge >= 0.3 is 84.4 Å². The summed E-state index contributed by atoms with van der Waals surface area (Å²) in [5.74, 6) is 0. The van der Waals surface area contributed by atoms with Gasteiger partial charge in [-0.25, -0.2) is 0 Å². The average Bonchev–Trinajstić information content (AvgIpc) is 2.17. The molecule has 0 N–H and O–H groups in total. The van der Waals surface area contributed by atoms with Gasteiger partial charge in [0.25, 0.3) is 0 Å². The molecule has 0 aromatic heterocycles. The number of hydrogen-bond acceptors (Lipinski definition) is 1. The number of benzene rings is 1. The number of alkyl halides is 1. The first-order valence-corrected chi connectivity index (χ1v) is 7.34. The van der Waals surface area contributed by atoms with E-state index in [0.29, 0.717) is 21.5 Å². The van der Waals surface area contributed by atoms with Gasteiger partial charge in [-0.15, -0.1) is 0 Å². The van der Waals surface area contributed by atoms with E-state index in [4.69, 9.17) is 0 Å². The van der Waals surface area contributed by atoms with Crippen molar-refractivity contribution in [3.63, 3.8) is 0 Å². The van der Waals surface area contributed by atoms with Crippen molar-refractivity contribution in [1.29, 1.82) is 0 Å². The fourth-order valence-corrected chi connectivity index (χ4v) is 3.04. The molecule has 0 amide bonds. The minimum absolute atomic E-state index is 0.294. The van der Waals surface area contributed by atoms with Crippen LogP contribution in [0.1, 0.15) is 11.1 Å². The fraction of sp³-hybridized carbons (Fsp3) is 0.400. The predicted molar refractivity (Wildman–Crippen MR) is 46.5 cm³/mol. The van der Waals surface area contributed by atoms with Crippen molar-refractivity contribution in [3.8, 4) is 0 Å². The van der Waals surface area contributed by atoms with Gasteiger partial charge in [0.05, 0.1) is 0 Å². The van der Waals surface area contributed by atoms with Crippen molar-refractivity contribution in [2.75, 3.05) is 11.5 Å². The molecule has 0 aliphatic carbocycles. The van der Waals surface area contributed by atoms with Gasteiger partial charge < -0.3 is 0 Å². The third-order valence-corrected chi connectivity index (χ3v) is 4.51. The van der Waals surface area contributed by atoms with Crippen LogP contribution in [-0.2, 0) is 13.0 Å². The number of rotatable bonds is 1. The van der Waals surface area contributed by atoms with Crippen molar-refractivity contribution in [1.82, 2.24) is 3.11 Å². The summed E-state index contributed by atoms with van der Waals surface area (Å²) in [6, 6.07) is 8.83. The van der Waals surface area contributed by atoms with Crippen LogP contribution in [0.3, 0.4) is 0 Å². The van der Waals surface area contributed by atoms with Crippen LogP contribution in [0.15, 0.2) is 24.3 Å². The number of hydrogen-bond donors (Lipinski definition) is 0. The summed E-state index contributed by atoms with van der Waals surface area (Å²) in [6.45, 7) is 2.47. The van der Waals surface area contributed by atoms with Crippen LogP contribution in [0.4, 0.5) is 0 Å². The first kappa shape index (κ1) is 8.51. The summed E-state index contributed by atoms with van der Waals surface area (Å²) in [6.07, 6.45) is 1.25. The predicted octanol–water partition coefficient (Wildman–Crippen LogP) is -1.32. The monoisotopic (exact) mass is 274 g/mol. The van der Waals surface area contributed by atoms with Gasteiger partial charge in [-0.05, 0) is 0 Å². The van der Waals surface area contributed by atoms with Crippen molar-refractivity contribution in [3.05, 3.63) is 35.4 Å². The third kappa shape index (κ3) is 1.64. The SMILES string of the molecule is C[I-]N1CCc2ccccc2C1. The van der Waals surface area contributed by atoms with E-state index in [1.807, 2.05) is 0 Å². The fourth-order valence-electron chi connectivity index (χ4n) is 1.61. The molecule has 1 nitrogen and oxygen atoms in total. The van der Waals surface area contributed by atoms with Gasteiger partial charge in [0.2, 0.25) is 0 Å². The van der Waals surface area contributed by atoms with E-state index in [9.17, 15) is 0 Å². The third-order valence-electron chi connectivity index (χ3n) is 2.32. The standard InChI is InChI=1S/C10H13IN/c1-11-12-7-6-9-4-2-3-5-10(9)8-12/h2-5H,6-8H2,1H3/q-1. The molecule has 1 aliphatic rings. The maximum atomic E-state index is 2.60. The molecule has 0 radical (unpaired) electrons. The molecule has 0 atom stereocenters. The molecule has 0 spiro atoms. The zero-order chi connectivity index (χ0) is 8.39. The van der Waals surface area contributed by atoms with Crippen molar-refractivity contribution >= 4 is 0 Å². The van der Waals surface area contributed by atoms with Crippen molar-refractivity contribution in [2.24, 2.45) is 0 Å². The van der Waals surface area contributed by atoms with E-state index in [-0.39, 0.29) is 0 Å². The molecule has 1 heterocycles. The van der Waals surface area contributed by atoms with Gasteiger partial charge in [-0.2, -0.15) is 0 Å². The molecule has 66 valence electrons. The summed E-state index contributed by atoms with van der Waals surface area (Å²) in [7, 11) is 0. The van der Waals surface area contributed by atoms with Crippen LogP contribution in [0.2, 0.25) is 0 Å². The minimum atomic E-state index is 0.294. The van der Waals surface area contributed by atoms with E-state index in [1.54, 1.807) is 11.1 Å². The topological polar surface area (TPSA) is 3.24 Å². The molecule has 0 unspecified atom stereocenters. The molecular weight excluding hydrogens is 261 g/mol. The normalized spacial score (nSPS) is 17.8. The summed E-state index contributed by atoms with van der Waals surface area (Å²) in [5, 5.41) is 0. The number of nitrogens with zero attached hydrogens (tertiary/aromatic N) is 1. The average molecular weight is 274 g/mol. The van der Waals surface area contributed by atoms with Gasteiger partial charge in [-0.3, -0.25) is 0 Å². The zero-order valence-electron chi connectivity index (χ0n) is 7.26. The van der Waals surface area contributed by atoms with E-state index >= 15 is 0 Å². The summed E-state index contributed by atoms with van der Waals surface area (Å²) < 4.78 is 2.60. The van der Waals surface area contributed by atoms with Crippen LogP contribution >= 0.6 is 0 Å². The molecule has 1 aliphatic heterocycles. The van der Waals surface area contributed by atoms with E-state index in [0.717, 1.165) is 0 Å². The maximum absolute atomic E-state index is 2.60. The Morgan fingerprint density at radius 3 is 2.75 bits per heavy atom. The molecule has 2 heteroatoms. The quantitative estimate of drug-likeness (QED) is 0.349. The Bertz CT molecular complexity index is 272. The van der Waals surface area contributed by atoms with E-state index < -0.39 is 0 Å². The van der Waals surface area contributed by atoms with Crippen molar-refractivity contribution in [2.45, 2.75) is 13.0 Å².